The van der Waals surface area contributed by atoms with E-state index in [1.807, 2.05) is 0 Å². The largest absolute Gasteiger partial charge is 0.494 e. The Morgan fingerprint density at radius 1 is 1.57 bits per heavy atom. The summed E-state index contributed by atoms with van der Waals surface area (Å²) in [7, 11) is 1.49. The van der Waals surface area contributed by atoms with Crippen molar-refractivity contribution in [1.29, 1.82) is 0 Å². The summed E-state index contributed by atoms with van der Waals surface area (Å²) in [4.78, 5) is 14.4. The SMILES string of the molecule is COc1cccc2oc(C(=O)O)nc12. The fourth-order valence-electron chi connectivity index (χ4n) is 1.18. The van der Waals surface area contributed by atoms with E-state index >= 15 is 0 Å². The van der Waals surface area contributed by atoms with Crippen LogP contribution in [0.1, 0.15) is 10.7 Å². The summed E-state index contributed by atoms with van der Waals surface area (Å²) >= 11 is 0. The predicted octanol–water partition coefficient (Wildman–Crippen LogP) is 1.53. The second-order valence-corrected chi connectivity index (χ2v) is 2.63. The fraction of sp³-hybridized carbons (Fsp3) is 0.111. The molecule has 5 nitrogen and oxygen atoms in total. The smallest absolute Gasteiger partial charge is 0.392 e. The lowest BCUT2D eigenvalue weighted by atomic mass is 10.3. The number of benzene rings is 1. The number of oxazole rings is 1. The van der Waals surface area contributed by atoms with Crippen LogP contribution in [-0.2, 0) is 0 Å². The second kappa shape index (κ2) is 3.02. The predicted molar refractivity (Wildman–Crippen MR) is 47.5 cm³/mol. The first-order valence-electron chi connectivity index (χ1n) is 3.89. The van der Waals surface area contributed by atoms with E-state index in [9.17, 15) is 4.79 Å². The lowest BCUT2D eigenvalue weighted by molar-refractivity contribution is 0.0656. The molecule has 0 amide bonds. The first kappa shape index (κ1) is 8.55. The van der Waals surface area contributed by atoms with Gasteiger partial charge < -0.3 is 14.3 Å². The molecule has 5 heteroatoms. The van der Waals surface area contributed by atoms with Crippen molar-refractivity contribution in [2.75, 3.05) is 7.11 Å². The summed E-state index contributed by atoms with van der Waals surface area (Å²) in [5, 5.41) is 8.65. The van der Waals surface area contributed by atoms with Crippen LogP contribution >= 0.6 is 0 Å². The number of ether oxygens (including phenoxy) is 1. The van der Waals surface area contributed by atoms with E-state index in [4.69, 9.17) is 14.3 Å². The lowest BCUT2D eigenvalue weighted by Gasteiger charge is -1.96. The van der Waals surface area contributed by atoms with Crippen molar-refractivity contribution >= 4 is 17.1 Å². The molecule has 0 unspecified atom stereocenters. The van der Waals surface area contributed by atoms with Gasteiger partial charge in [0.05, 0.1) is 7.11 Å². The Morgan fingerprint density at radius 2 is 2.36 bits per heavy atom. The van der Waals surface area contributed by atoms with Crippen LogP contribution in [0.4, 0.5) is 0 Å². The number of para-hydroxylation sites is 1. The van der Waals surface area contributed by atoms with E-state index in [1.54, 1.807) is 18.2 Å². The topological polar surface area (TPSA) is 72.6 Å². The maximum absolute atomic E-state index is 10.6. The molecule has 0 spiro atoms. The fourth-order valence-corrected chi connectivity index (χ4v) is 1.18. The van der Waals surface area contributed by atoms with Gasteiger partial charge in [0.1, 0.15) is 5.75 Å². The summed E-state index contributed by atoms with van der Waals surface area (Å²) in [6, 6.07) is 5.03. The molecule has 14 heavy (non-hydrogen) atoms. The van der Waals surface area contributed by atoms with Gasteiger partial charge in [-0.1, -0.05) is 6.07 Å². The Kier molecular flexibility index (Phi) is 1.85. The van der Waals surface area contributed by atoms with Gasteiger partial charge in [0, 0.05) is 0 Å². The van der Waals surface area contributed by atoms with Crippen LogP contribution in [0.25, 0.3) is 11.1 Å². The average molecular weight is 193 g/mol. The standard InChI is InChI=1S/C9H7NO4/c1-13-5-3-2-4-6-7(5)10-8(14-6)9(11)12/h2-4H,1H3,(H,11,12). The van der Waals surface area contributed by atoms with E-state index in [2.05, 4.69) is 4.98 Å². The number of carboxylic acids is 1. The van der Waals surface area contributed by atoms with Crippen molar-refractivity contribution in [2.24, 2.45) is 0 Å². The normalized spacial score (nSPS) is 10.4. The van der Waals surface area contributed by atoms with Crippen molar-refractivity contribution in [3.05, 3.63) is 24.1 Å². The number of nitrogens with zero attached hydrogens (tertiary/aromatic N) is 1. The van der Waals surface area contributed by atoms with E-state index in [0.717, 1.165) is 0 Å². The molecule has 0 aliphatic heterocycles. The maximum Gasteiger partial charge on any atom is 0.392 e. The number of rotatable bonds is 2. The van der Waals surface area contributed by atoms with E-state index in [0.29, 0.717) is 16.8 Å². The highest BCUT2D eigenvalue weighted by Crippen LogP contribution is 2.25. The third-order valence-electron chi connectivity index (χ3n) is 1.78. The molecule has 72 valence electrons. The Balaban J connectivity index is 2.70. The molecule has 1 heterocycles. The van der Waals surface area contributed by atoms with Crippen molar-refractivity contribution in [3.63, 3.8) is 0 Å². The van der Waals surface area contributed by atoms with Crippen LogP contribution in [0, 0.1) is 0 Å². The molecule has 0 aliphatic rings. The van der Waals surface area contributed by atoms with Gasteiger partial charge in [-0.15, -0.1) is 0 Å². The Morgan fingerprint density at radius 3 is 3.00 bits per heavy atom. The summed E-state index contributed by atoms with van der Waals surface area (Å²) in [6.45, 7) is 0. The number of hydrogen-bond donors (Lipinski definition) is 1. The molecule has 2 rings (SSSR count). The molecule has 0 saturated carbocycles. The van der Waals surface area contributed by atoms with Gasteiger partial charge >= 0.3 is 11.9 Å². The van der Waals surface area contributed by atoms with Crippen molar-refractivity contribution in [3.8, 4) is 5.75 Å². The van der Waals surface area contributed by atoms with Crippen LogP contribution in [-0.4, -0.2) is 23.2 Å². The molecule has 1 aromatic heterocycles. The van der Waals surface area contributed by atoms with E-state index in [-0.39, 0.29) is 5.89 Å². The first-order chi connectivity index (χ1) is 6.72. The van der Waals surface area contributed by atoms with Gasteiger partial charge in [-0.2, -0.15) is 4.98 Å². The Labute approximate surface area is 78.9 Å². The number of fused-ring (bicyclic) bond motifs is 1. The monoisotopic (exact) mass is 193 g/mol. The van der Waals surface area contributed by atoms with E-state index in [1.165, 1.54) is 7.11 Å². The number of aromatic carboxylic acids is 1. The minimum absolute atomic E-state index is 0.329. The van der Waals surface area contributed by atoms with Gasteiger partial charge in [0.2, 0.25) is 0 Å². The summed E-state index contributed by atoms with van der Waals surface area (Å²) in [5.41, 5.74) is 0.828. The number of carbonyl (C=O) groups is 1. The average Bonchev–Trinajstić information content (AvgIpc) is 2.60. The summed E-state index contributed by atoms with van der Waals surface area (Å²) < 4.78 is 9.99. The molecular weight excluding hydrogens is 186 g/mol. The highest BCUT2D eigenvalue weighted by molar-refractivity contribution is 5.88. The number of methoxy groups -OCH3 is 1. The molecule has 0 aliphatic carbocycles. The molecule has 0 saturated heterocycles. The summed E-state index contributed by atoms with van der Waals surface area (Å²) in [6.07, 6.45) is 0. The minimum atomic E-state index is -1.19. The highest BCUT2D eigenvalue weighted by atomic mass is 16.5. The van der Waals surface area contributed by atoms with E-state index < -0.39 is 5.97 Å². The highest BCUT2D eigenvalue weighted by Gasteiger charge is 2.14. The maximum atomic E-state index is 10.6. The van der Waals surface area contributed by atoms with Crippen LogP contribution in [0.15, 0.2) is 22.6 Å². The zero-order valence-corrected chi connectivity index (χ0v) is 7.35. The van der Waals surface area contributed by atoms with Gasteiger partial charge in [-0.25, -0.2) is 4.79 Å². The van der Waals surface area contributed by atoms with Crippen molar-refractivity contribution < 1.29 is 19.1 Å². The first-order valence-corrected chi connectivity index (χ1v) is 3.89. The molecule has 1 N–H and O–H groups in total. The zero-order valence-electron chi connectivity index (χ0n) is 7.35. The minimum Gasteiger partial charge on any atom is -0.494 e. The Bertz CT molecular complexity index is 489. The molecule has 2 aromatic rings. The number of hydrogen-bond acceptors (Lipinski definition) is 4. The number of aromatic nitrogens is 1. The molecule has 0 fully saturated rings. The van der Waals surface area contributed by atoms with Gasteiger partial charge in [0.15, 0.2) is 11.1 Å². The van der Waals surface area contributed by atoms with Gasteiger partial charge in [-0.05, 0) is 12.1 Å². The zero-order chi connectivity index (χ0) is 10.1. The van der Waals surface area contributed by atoms with Gasteiger partial charge in [-0.3, -0.25) is 0 Å². The van der Waals surface area contributed by atoms with Crippen LogP contribution < -0.4 is 4.74 Å². The van der Waals surface area contributed by atoms with Gasteiger partial charge in [0.25, 0.3) is 0 Å². The second-order valence-electron chi connectivity index (χ2n) is 2.63. The van der Waals surface area contributed by atoms with Crippen LogP contribution in [0.3, 0.4) is 0 Å². The Hall–Kier alpha value is -2.04. The number of carboxylic acid groups (broad SMARTS) is 1. The third-order valence-corrected chi connectivity index (χ3v) is 1.78. The van der Waals surface area contributed by atoms with Crippen LogP contribution in [0.2, 0.25) is 0 Å². The van der Waals surface area contributed by atoms with Crippen molar-refractivity contribution in [2.45, 2.75) is 0 Å². The molecular formula is C9H7NO4. The molecule has 1 aromatic carbocycles. The van der Waals surface area contributed by atoms with Crippen molar-refractivity contribution in [1.82, 2.24) is 4.98 Å². The molecule has 0 atom stereocenters. The third kappa shape index (κ3) is 1.19. The molecule has 0 bridgehead atoms. The molecule has 0 radical (unpaired) electrons. The van der Waals surface area contributed by atoms with Crippen LogP contribution in [0.5, 0.6) is 5.75 Å². The quantitative estimate of drug-likeness (QED) is 0.782. The lowest BCUT2D eigenvalue weighted by Crippen LogP contribution is -1.95. The summed E-state index contributed by atoms with van der Waals surface area (Å²) in [5.74, 6) is -1.02.